The Morgan fingerprint density at radius 3 is 2.77 bits per heavy atom. The molecule has 1 amide bonds. The number of thioether (sulfide) groups is 1. The van der Waals surface area contributed by atoms with Crippen LogP contribution in [0.1, 0.15) is 11.1 Å². The number of carbonyl (C=O) groups is 1. The SMILES string of the molecule is O=C(CSCc1ccc(Cl)c(Cl)c1)N1CCc2ccccc21. The van der Waals surface area contributed by atoms with Crippen molar-refractivity contribution in [2.24, 2.45) is 0 Å². The van der Waals surface area contributed by atoms with Crippen LogP contribution >= 0.6 is 35.0 Å². The minimum Gasteiger partial charge on any atom is -0.311 e. The first-order chi connectivity index (χ1) is 10.6. The van der Waals surface area contributed by atoms with Crippen LogP contribution in [0.4, 0.5) is 5.69 Å². The first kappa shape index (κ1) is 15.7. The van der Waals surface area contributed by atoms with Crippen molar-refractivity contribution in [2.75, 3.05) is 17.2 Å². The summed E-state index contributed by atoms with van der Waals surface area (Å²) in [6.45, 7) is 0.783. The van der Waals surface area contributed by atoms with E-state index in [4.69, 9.17) is 23.2 Å². The molecule has 0 spiro atoms. The normalized spacial score (nSPS) is 13.3. The van der Waals surface area contributed by atoms with Gasteiger partial charge in [-0.3, -0.25) is 4.79 Å². The van der Waals surface area contributed by atoms with Gasteiger partial charge < -0.3 is 4.90 Å². The van der Waals surface area contributed by atoms with Crippen LogP contribution < -0.4 is 4.90 Å². The first-order valence-electron chi connectivity index (χ1n) is 7.05. The number of para-hydroxylation sites is 1. The summed E-state index contributed by atoms with van der Waals surface area (Å²) in [6.07, 6.45) is 0.944. The van der Waals surface area contributed by atoms with E-state index in [0.29, 0.717) is 15.8 Å². The molecule has 0 N–H and O–H groups in total. The van der Waals surface area contributed by atoms with E-state index in [1.54, 1.807) is 17.8 Å². The third-order valence-corrected chi connectivity index (χ3v) is 5.39. The smallest absolute Gasteiger partial charge is 0.237 e. The van der Waals surface area contributed by atoms with Gasteiger partial charge in [-0.15, -0.1) is 11.8 Å². The summed E-state index contributed by atoms with van der Waals surface area (Å²) in [6, 6.07) is 13.7. The van der Waals surface area contributed by atoms with Gasteiger partial charge in [0.05, 0.1) is 15.8 Å². The highest BCUT2D eigenvalue weighted by atomic mass is 35.5. The minimum absolute atomic E-state index is 0.162. The lowest BCUT2D eigenvalue weighted by Gasteiger charge is -2.17. The summed E-state index contributed by atoms with van der Waals surface area (Å²) in [4.78, 5) is 14.3. The predicted molar refractivity (Wildman–Crippen MR) is 95.1 cm³/mol. The Morgan fingerprint density at radius 2 is 1.95 bits per heavy atom. The Kier molecular flexibility index (Phi) is 4.97. The number of hydrogen-bond donors (Lipinski definition) is 0. The highest BCUT2D eigenvalue weighted by Gasteiger charge is 2.23. The number of carbonyl (C=O) groups excluding carboxylic acids is 1. The van der Waals surface area contributed by atoms with Crippen LogP contribution in [0.15, 0.2) is 42.5 Å². The van der Waals surface area contributed by atoms with Gasteiger partial charge in [-0.1, -0.05) is 47.5 Å². The fourth-order valence-electron chi connectivity index (χ4n) is 2.56. The summed E-state index contributed by atoms with van der Waals surface area (Å²) in [5.74, 6) is 1.38. The zero-order chi connectivity index (χ0) is 15.5. The van der Waals surface area contributed by atoms with Gasteiger partial charge in [0.25, 0.3) is 0 Å². The third kappa shape index (κ3) is 3.43. The standard InChI is InChI=1S/C17H15Cl2NOS/c18-14-6-5-12(9-15(14)19)10-22-11-17(21)20-8-7-13-3-1-2-4-16(13)20/h1-6,9H,7-8,10-11H2. The Morgan fingerprint density at radius 1 is 1.14 bits per heavy atom. The second-order valence-corrected chi connectivity index (χ2v) is 6.97. The van der Waals surface area contributed by atoms with Crippen LogP contribution in [-0.4, -0.2) is 18.2 Å². The Balaban J connectivity index is 1.56. The monoisotopic (exact) mass is 351 g/mol. The van der Waals surface area contributed by atoms with Crippen molar-refractivity contribution in [3.63, 3.8) is 0 Å². The van der Waals surface area contributed by atoms with Crippen molar-refractivity contribution < 1.29 is 4.79 Å². The Labute approximate surface area is 144 Å². The lowest BCUT2D eigenvalue weighted by atomic mass is 10.2. The lowest BCUT2D eigenvalue weighted by molar-refractivity contribution is -0.116. The lowest BCUT2D eigenvalue weighted by Crippen LogP contribution is -2.30. The van der Waals surface area contributed by atoms with Crippen LogP contribution in [-0.2, 0) is 17.0 Å². The van der Waals surface area contributed by atoms with Crippen molar-refractivity contribution in [1.82, 2.24) is 0 Å². The molecule has 0 aromatic heterocycles. The largest absolute Gasteiger partial charge is 0.311 e. The molecule has 0 unspecified atom stereocenters. The van der Waals surface area contributed by atoms with Gasteiger partial charge in [-0.25, -0.2) is 0 Å². The van der Waals surface area contributed by atoms with Crippen molar-refractivity contribution >= 4 is 46.6 Å². The molecule has 1 aliphatic heterocycles. The molecule has 0 saturated heterocycles. The van der Waals surface area contributed by atoms with E-state index in [9.17, 15) is 4.79 Å². The van der Waals surface area contributed by atoms with E-state index >= 15 is 0 Å². The zero-order valence-corrected chi connectivity index (χ0v) is 14.2. The van der Waals surface area contributed by atoms with Gasteiger partial charge in [0, 0.05) is 18.0 Å². The van der Waals surface area contributed by atoms with Crippen LogP contribution in [0.3, 0.4) is 0 Å². The molecule has 1 heterocycles. The van der Waals surface area contributed by atoms with Crippen molar-refractivity contribution in [3.05, 3.63) is 63.6 Å². The van der Waals surface area contributed by atoms with Crippen molar-refractivity contribution in [1.29, 1.82) is 0 Å². The van der Waals surface area contributed by atoms with Crippen LogP contribution in [0.2, 0.25) is 10.0 Å². The van der Waals surface area contributed by atoms with E-state index in [-0.39, 0.29) is 5.91 Å². The molecule has 0 saturated carbocycles. The van der Waals surface area contributed by atoms with Crippen LogP contribution in [0.25, 0.3) is 0 Å². The number of hydrogen-bond acceptors (Lipinski definition) is 2. The molecular weight excluding hydrogens is 337 g/mol. The number of nitrogens with zero attached hydrogens (tertiary/aromatic N) is 1. The van der Waals surface area contributed by atoms with E-state index in [1.807, 2.05) is 35.2 Å². The topological polar surface area (TPSA) is 20.3 Å². The molecular formula is C17H15Cl2NOS. The molecule has 0 radical (unpaired) electrons. The quantitative estimate of drug-likeness (QED) is 0.787. The molecule has 5 heteroatoms. The van der Waals surface area contributed by atoms with E-state index in [2.05, 4.69) is 6.07 Å². The van der Waals surface area contributed by atoms with E-state index in [1.165, 1.54) is 5.56 Å². The van der Waals surface area contributed by atoms with Gasteiger partial charge in [-0.05, 0) is 35.7 Å². The third-order valence-electron chi connectivity index (χ3n) is 3.67. The Bertz CT molecular complexity index is 705. The second kappa shape index (κ2) is 6.95. The number of benzene rings is 2. The molecule has 2 aromatic rings. The average Bonchev–Trinajstić information content (AvgIpc) is 2.95. The molecule has 3 rings (SSSR count). The molecule has 2 nitrogen and oxygen atoms in total. The van der Waals surface area contributed by atoms with Gasteiger partial charge in [0.1, 0.15) is 0 Å². The minimum atomic E-state index is 0.162. The molecule has 0 bridgehead atoms. The van der Waals surface area contributed by atoms with Gasteiger partial charge in [-0.2, -0.15) is 0 Å². The number of fused-ring (bicyclic) bond motifs is 1. The molecule has 0 atom stereocenters. The predicted octanol–water partition coefficient (Wildman–Crippen LogP) is 4.82. The highest BCUT2D eigenvalue weighted by Crippen LogP contribution is 2.29. The molecule has 0 aliphatic carbocycles. The average molecular weight is 352 g/mol. The molecule has 0 fully saturated rings. The van der Waals surface area contributed by atoms with Gasteiger partial charge >= 0.3 is 0 Å². The summed E-state index contributed by atoms with van der Waals surface area (Å²) >= 11 is 13.5. The van der Waals surface area contributed by atoms with E-state index in [0.717, 1.165) is 30.0 Å². The maximum absolute atomic E-state index is 12.4. The number of rotatable bonds is 4. The number of halogens is 2. The molecule has 1 aliphatic rings. The molecule has 114 valence electrons. The van der Waals surface area contributed by atoms with Crippen LogP contribution in [0.5, 0.6) is 0 Å². The number of amides is 1. The fraction of sp³-hybridized carbons (Fsp3) is 0.235. The fourth-order valence-corrected chi connectivity index (χ4v) is 3.73. The van der Waals surface area contributed by atoms with Crippen molar-refractivity contribution in [3.8, 4) is 0 Å². The summed E-state index contributed by atoms with van der Waals surface area (Å²) < 4.78 is 0. The zero-order valence-electron chi connectivity index (χ0n) is 11.9. The first-order valence-corrected chi connectivity index (χ1v) is 8.96. The van der Waals surface area contributed by atoms with Gasteiger partial charge in [0.2, 0.25) is 5.91 Å². The van der Waals surface area contributed by atoms with Crippen LogP contribution in [0, 0.1) is 0 Å². The summed E-state index contributed by atoms with van der Waals surface area (Å²) in [5.41, 5.74) is 3.39. The van der Waals surface area contributed by atoms with E-state index < -0.39 is 0 Å². The maximum atomic E-state index is 12.4. The highest BCUT2D eigenvalue weighted by molar-refractivity contribution is 7.99. The molecule has 2 aromatic carbocycles. The molecule has 22 heavy (non-hydrogen) atoms. The second-order valence-electron chi connectivity index (χ2n) is 5.17. The Hall–Kier alpha value is -1.16. The summed E-state index contributed by atoms with van der Waals surface area (Å²) in [7, 11) is 0. The number of anilines is 1. The maximum Gasteiger partial charge on any atom is 0.237 e. The summed E-state index contributed by atoms with van der Waals surface area (Å²) in [5, 5.41) is 1.11. The van der Waals surface area contributed by atoms with Gasteiger partial charge in [0.15, 0.2) is 0 Å². The van der Waals surface area contributed by atoms with Crippen molar-refractivity contribution in [2.45, 2.75) is 12.2 Å².